The average Bonchev–Trinajstić information content (AvgIpc) is 2.26. The van der Waals surface area contributed by atoms with Gasteiger partial charge in [-0.25, -0.2) is 0 Å². The summed E-state index contributed by atoms with van der Waals surface area (Å²) >= 11 is 9.64. The van der Waals surface area contributed by atoms with E-state index in [0.29, 0.717) is 21.3 Å². The van der Waals surface area contributed by atoms with Crippen LogP contribution in [-0.4, -0.2) is 18.0 Å². The Labute approximate surface area is 126 Å². The number of hydrogen-bond donors (Lipinski definition) is 0. The van der Waals surface area contributed by atoms with Gasteiger partial charge in [-0.1, -0.05) is 25.4 Å². The van der Waals surface area contributed by atoms with Gasteiger partial charge in [0.1, 0.15) is 0 Å². The van der Waals surface area contributed by atoms with Gasteiger partial charge in [0, 0.05) is 29.7 Å². The van der Waals surface area contributed by atoms with Gasteiger partial charge in [0.05, 0.1) is 15.6 Å². The molecule has 0 saturated carbocycles. The molecular weight excluding hydrogens is 332 g/mol. The van der Waals surface area contributed by atoms with Gasteiger partial charge in [-0.05, 0) is 34.2 Å². The third-order valence-electron chi connectivity index (χ3n) is 3.40. The second-order valence-corrected chi connectivity index (χ2v) is 6.63. The van der Waals surface area contributed by atoms with Gasteiger partial charge in [-0.2, -0.15) is 0 Å². The maximum atomic E-state index is 10.8. The normalized spacial score (nSPS) is 23.5. The number of halogens is 2. The van der Waals surface area contributed by atoms with Crippen molar-refractivity contribution in [2.75, 3.05) is 18.0 Å². The summed E-state index contributed by atoms with van der Waals surface area (Å²) in [4.78, 5) is 12.6. The summed E-state index contributed by atoms with van der Waals surface area (Å²) < 4.78 is 0.688. The SMILES string of the molecule is C[C@@H]1C[C@@H](C)CN(c2c(Cl)cc([N+](=O)[O-])cc2Br)C1. The van der Waals surface area contributed by atoms with Gasteiger partial charge in [-0.15, -0.1) is 0 Å². The molecule has 1 heterocycles. The van der Waals surface area contributed by atoms with E-state index in [1.807, 2.05) is 0 Å². The quantitative estimate of drug-likeness (QED) is 0.585. The molecule has 19 heavy (non-hydrogen) atoms. The molecule has 0 radical (unpaired) electrons. The summed E-state index contributed by atoms with van der Waals surface area (Å²) in [7, 11) is 0. The van der Waals surface area contributed by atoms with Crippen LogP contribution in [0.1, 0.15) is 20.3 Å². The average molecular weight is 348 g/mol. The van der Waals surface area contributed by atoms with Gasteiger partial charge in [0.2, 0.25) is 0 Å². The second kappa shape index (κ2) is 5.67. The van der Waals surface area contributed by atoms with Crippen molar-refractivity contribution in [3.63, 3.8) is 0 Å². The first-order valence-electron chi connectivity index (χ1n) is 6.27. The summed E-state index contributed by atoms with van der Waals surface area (Å²) in [6, 6.07) is 2.94. The van der Waals surface area contributed by atoms with E-state index in [0.717, 1.165) is 18.8 Å². The molecule has 0 unspecified atom stereocenters. The Bertz CT molecular complexity index is 476. The van der Waals surface area contributed by atoms with Crippen LogP contribution in [0.25, 0.3) is 0 Å². The molecule has 6 heteroatoms. The highest BCUT2D eigenvalue weighted by atomic mass is 79.9. The lowest BCUT2D eigenvalue weighted by Crippen LogP contribution is -2.39. The molecule has 0 N–H and O–H groups in total. The summed E-state index contributed by atoms with van der Waals surface area (Å²) in [6.07, 6.45) is 1.21. The van der Waals surface area contributed by atoms with E-state index in [4.69, 9.17) is 11.6 Å². The van der Waals surface area contributed by atoms with Crippen LogP contribution in [0.4, 0.5) is 11.4 Å². The molecule has 0 aliphatic carbocycles. The molecule has 0 bridgehead atoms. The van der Waals surface area contributed by atoms with Crippen LogP contribution in [-0.2, 0) is 0 Å². The van der Waals surface area contributed by atoms with Crippen LogP contribution in [0.15, 0.2) is 16.6 Å². The van der Waals surface area contributed by atoms with Gasteiger partial charge < -0.3 is 4.90 Å². The molecule has 1 aromatic rings. The highest BCUT2D eigenvalue weighted by Crippen LogP contribution is 2.39. The number of nitro benzene ring substituents is 1. The molecule has 0 aromatic heterocycles. The Balaban J connectivity index is 2.37. The fourth-order valence-corrected chi connectivity index (χ4v) is 3.95. The molecule has 2 rings (SSSR count). The number of anilines is 1. The number of nitro groups is 1. The monoisotopic (exact) mass is 346 g/mol. The predicted molar refractivity (Wildman–Crippen MR) is 81.0 cm³/mol. The summed E-state index contributed by atoms with van der Waals surface area (Å²) in [6.45, 7) is 6.30. The Morgan fingerprint density at radius 2 is 1.95 bits per heavy atom. The zero-order chi connectivity index (χ0) is 14.2. The number of rotatable bonds is 2. The molecule has 1 aromatic carbocycles. The summed E-state index contributed by atoms with van der Waals surface area (Å²) in [5.74, 6) is 1.20. The van der Waals surface area contributed by atoms with Crippen LogP contribution in [0.5, 0.6) is 0 Å². The summed E-state index contributed by atoms with van der Waals surface area (Å²) in [5.41, 5.74) is 0.879. The molecule has 1 fully saturated rings. The smallest absolute Gasteiger partial charge is 0.272 e. The lowest BCUT2D eigenvalue weighted by Gasteiger charge is -2.37. The molecule has 4 nitrogen and oxygen atoms in total. The van der Waals surface area contributed by atoms with Crippen molar-refractivity contribution in [2.24, 2.45) is 11.8 Å². The van der Waals surface area contributed by atoms with Crippen molar-refractivity contribution in [2.45, 2.75) is 20.3 Å². The van der Waals surface area contributed by atoms with Crippen molar-refractivity contribution in [3.05, 3.63) is 31.7 Å². The number of nitrogens with zero attached hydrogens (tertiary/aromatic N) is 2. The molecule has 104 valence electrons. The zero-order valence-corrected chi connectivity index (χ0v) is 13.2. The van der Waals surface area contributed by atoms with Crippen molar-refractivity contribution >= 4 is 38.9 Å². The van der Waals surface area contributed by atoms with Crippen LogP contribution in [0, 0.1) is 22.0 Å². The van der Waals surface area contributed by atoms with Gasteiger partial charge in [-0.3, -0.25) is 10.1 Å². The van der Waals surface area contributed by atoms with Crippen LogP contribution < -0.4 is 4.90 Å². The third kappa shape index (κ3) is 3.20. The number of non-ortho nitro benzene ring substituents is 1. The van der Waals surface area contributed by atoms with Crippen molar-refractivity contribution in [1.82, 2.24) is 0 Å². The van der Waals surface area contributed by atoms with Crippen molar-refractivity contribution < 1.29 is 4.92 Å². The maximum Gasteiger partial charge on any atom is 0.272 e. The Kier molecular flexibility index (Phi) is 4.36. The predicted octanol–water partition coefficient (Wildman–Crippen LogP) is 4.49. The molecule has 2 atom stereocenters. The minimum absolute atomic E-state index is 0.0127. The lowest BCUT2D eigenvalue weighted by molar-refractivity contribution is -0.384. The highest BCUT2D eigenvalue weighted by molar-refractivity contribution is 9.10. The van der Waals surface area contributed by atoms with Crippen molar-refractivity contribution in [1.29, 1.82) is 0 Å². The topological polar surface area (TPSA) is 46.4 Å². The molecule has 1 saturated heterocycles. The first kappa shape index (κ1) is 14.6. The van der Waals surface area contributed by atoms with Crippen molar-refractivity contribution in [3.8, 4) is 0 Å². The van der Waals surface area contributed by atoms with Gasteiger partial charge in [0.25, 0.3) is 5.69 Å². The van der Waals surface area contributed by atoms with Gasteiger partial charge >= 0.3 is 0 Å². The van der Waals surface area contributed by atoms with E-state index in [9.17, 15) is 10.1 Å². The lowest BCUT2D eigenvalue weighted by atomic mass is 9.91. The van der Waals surface area contributed by atoms with E-state index in [1.54, 1.807) is 0 Å². The summed E-state index contributed by atoms with van der Waals surface area (Å²) in [5, 5.41) is 11.2. The second-order valence-electron chi connectivity index (χ2n) is 5.37. The molecule has 1 aliphatic rings. The minimum atomic E-state index is -0.429. The third-order valence-corrected chi connectivity index (χ3v) is 4.29. The van der Waals surface area contributed by atoms with E-state index in [-0.39, 0.29) is 5.69 Å². The molecule has 1 aliphatic heterocycles. The first-order chi connectivity index (χ1) is 8.88. The van der Waals surface area contributed by atoms with E-state index >= 15 is 0 Å². The number of hydrogen-bond acceptors (Lipinski definition) is 3. The number of piperidine rings is 1. The van der Waals surface area contributed by atoms with Crippen LogP contribution >= 0.6 is 27.5 Å². The molecule has 0 amide bonds. The zero-order valence-electron chi connectivity index (χ0n) is 10.9. The highest BCUT2D eigenvalue weighted by Gasteiger charge is 2.26. The molecular formula is C13H16BrClN2O2. The first-order valence-corrected chi connectivity index (χ1v) is 7.44. The van der Waals surface area contributed by atoms with E-state index in [1.165, 1.54) is 18.6 Å². The van der Waals surface area contributed by atoms with Crippen LogP contribution in [0.2, 0.25) is 5.02 Å². The Morgan fingerprint density at radius 3 is 2.42 bits per heavy atom. The minimum Gasteiger partial charge on any atom is -0.369 e. The van der Waals surface area contributed by atoms with E-state index in [2.05, 4.69) is 34.7 Å². The fraction of sp³-hybridized carbons (Fsp3) is 0.538. The largest absolute Gasteiger partial charge is 0.369 e. The van der Waals surface area contributed by atoms with E-state index < -0.39 is 4.92 Å². The standard InChI is InChI=1S/C13H16BrClN2O2/c1-8-3-9(2)7-16(6-8)13-11(14)4-10(17(18)19)5-12(13)15/h4-5,8-9H,3,6-7H2,1-2H3/t8-,9-/m1/s1. The number of benzene rings is 1. The Morgan fingerprint density at radius 1 is 1.37 bits per heavy atom. The van der Waals surface area contributed by atoms with Gasteiger partial charge in [0.15, 0.2) is 0 Å². The Hall–Kier alpha value is -0.810. The fourth-order valence-electron chi connectivity index (χ4n) is 2.81. The molecule has 0 spiro atoms. The van der Waals surface area contributed by atoms with Crippen LogP contribution in [0.3, 0.4) is 0 Å². The maximum absolute atomic E-state index is 10.8.